The van der Waals surface area contributed by atoms with Crippen LogP contribution in [0.1, 0.15) is 142 Å². The van der Waals surface area contributed by atoms with E-state index in [1.165, 1.54) is 103 Å². The molecule has 0 aromatic heterocycles. The van der Waals surface area contributed by atoms with Gasteiger partial charge in [-0.3, -0.25) is 9.05 Å². The molecule has 0 atom stereocenters. The quantitative estimate of drug-likeness (QED) is 0.0871. The third kappa shape index (κ3) is 32.1. The fraction of sp³-hybridized carbons (Fsp3) is 1.00. The van der Waals surface area contributed by atoms with Crippen molar-refractivity contribution < 1.29 is 18.5 Å². The van der Waals surface area contributed by atoms with E-state index in [4.69, 9.17) is 9.05 Å². The molecule has 0 aliphatic rings. The van der Waals surface area contributed by atoms with Gasteiger partial charge in [-0.1, -0.05) is 129 Å². The Labute approximate surface area is 239 Å². The molecule has 0 rings (SSSR count). The van der Waals surface area contributed by atoms with Gasteiger partial charge >= 0.3 is 66.9 Å². The number of hydrogen-bond acceptors (Lipinski definition) is 3. The second-order valence-corrected chi connectivity index (χ2v) is 9.95. The molecule has 0 fully saturated rings. The van der Waals surface area contributed by atoms with E-state index in [0.29, 0.717) is 13.2 Å². The molecule has 0 amide bonds. The first-order valence-electron chi connectivity index (χ1n) is 12.7. The molecule has 0 unspecified atom stereocenters. The molecule has 0 aliphatic carbocycles. The predicted molar refractivity (Wildman–Crippen MR) is 140 cm³/mol. The van der Waals surface area contributed by atoms with E-state index >= 15 is 0 Å². The standard InChI is InChI=1S/C24H51O4P.2Na.2H/c1-3-5-7-9-11-13-15-17-19-21-23-27-29(25,26)28-24-22-20-18-16-14-12-10-8-6-4-2;;;;/h3-24H2,1-2H3,(H,25,26);;;;. The Morgan fingerprint density at radius 1 is 0.484 bits per heavy atom. The van der Waals surface area contributed by atoms with Gasteiger partial charge < -0.3 is 4.89 Å². The van der Waals surface area contributed by atoms with Crippen molar-refractivity contribution >= 4 is 66.9 Å². The first-order chi connectivity index (χ1) is 14.1. The van der Waals surface area contributed by atoms with Crippen LogP contribution in [0.2, 0.25) is 0 Å². The second-order valence-electron chi connectivity index (χ2n) is 8.50. The zero-order chi connectivity index (χ0) is 21.5. The molecule has 0 saturated heterocycles. The fourth-order valence-electron chi connectivity index (χ4n) is 3.58. The minimum absolute atomic E-state index is 0. The van der Waals surface area contributed by atoms with Gasteiger partial charge in [0.2, 0.25) is 0 Å². The Morgan fingerprint density at radius 2 is 0.710 bits per heavy atom. The topological polar surface area (TPSA) is 55.8 Å². The summed E-state index contributed by atoms with van der Waals surface area (Å²) in [6.45, 7) is 5.14. The molecule has 0 spiro atoms. The van der Waals surface area contributed by atoms with Gasteiger partial charge in [-0.15, -0.1) is 0 Å². The third-order valence-corrected chi connectivity index (χ3v) is 6.52. The van der Waals surface area contributed by atoms with E-state index in [0.717, 1.165) is 25.7 Å². The van der Waals surface area contributed by atoms with Crippen LogP contribution in [0.3, 0.4) is 0 Å². The molecule has 0 saturated carbocycles. The monoisotopic (exact) mass is 482 g/mol. The number of unbranched alkanes of at least 4 members (excludes halogenated alkanes) is 18. The van der Waals surface area contributed by atoms with Gasteiger partial charge in [0.1, 0.15) is 0 Å². The van der Waals surface area contributed by atoms with Crippen LogP contribution in [-0.2, 0) is 13.6 Å². The molecule has 0 aliphatic heterocycles. The van der Waals surface area contributed by atoms with Gasteiger partial charge in [0.05, 0.1) is 13.2 Å². The van der Waals surface area contributed by atoms with E-state index in [-0.39, 0.29) is 59.1 Å². The minimum atomic E-state index is -3.85. The molecular weight excluding hydrogens is 429 g/mol. The zero-order valence-electron chi connectivity index (χ0n) is 19.7. The van der Waals surface area contributed by atoms with Crippen LogP contribution in [0.15, 0.2) is 0 Å². The van der Waals surface area contributed by atoms with Gasteiger partial charge in [-0.2, -0.15) is 0 Å². The summed E-state index contributed by atoms with van der Waals surface area (Å²) in [4.78, 5) is 9.71. The average molecular weight is 483 g/mol. The van der Waals surface area contributed by atoms with E-state index < -0.39 is 7.82 Å². The fourth-order valence-corrected chi connectivity index (χ4v) is 4.37. The average Bonchev–Trinajstić information content (AvgIpc) is 2.70. The van der Waals surface area contributed by atoms with Crippen molar-refractivity contribution in [2.75, 3.05) is 13.2 Å². The molecule has 0 heterocycles. The molecule has 4 nitrogen and oxygen atoms in total. The normalized spacial score (nSPS) is 11.2. The second kappa shape index (κ2) is 30.1. The molecule has 0 aromatic carbocycles. The number of phosphoric ester groups is 1. The third-order valence-electron chi connectivity index (χ3n) is 5.50. The Balaban J connectivity index is -0.00000392. The van der Waals surface area contributed by atoms with Gasteiger partial charge in [0.15, 0.2) is 0 Å². The molecular formula is C24H53Na2O4P. The Bertz CT molecular complexity index is 343. The van der Waals surface area contributed by atoms with Crippen LogP contribution < -0.4 is 0 Å². The van der Waals surface area contributed by atoms with Gasteiger partial charge in [-0.05, 0) is 12.8 Å². The predicted octanol–water partition coefficient (Wildman–Crippen LogP) is 7.66. The molecule has 0 aromatic rings. The van der Waals surface area contributed by atoms with Crippen molar-refractivity contribution in [3.05, 3.63) is 0 Å². The molecule has 31 heavy (non-hydrogen) atoms. The first kappa shape index (κ1) is 37.7. The maximum atomic E-state index is 11.8. The summed E-state index contributed by atoms with van der Waals surface area (Å²) >= 11 is 0. The van der Waals surface area contributed by atoms with E-state index in [1.54, 1.807) is 0 Å². The molecule has 7 heteroatoms. The van der Waals surface area contributed by atoms with Crippen molar-refractivity contribution in [3.8, 4) is 0 Å². The van der Waals surface area contributed by atoms with Crippen molar-refractivity contribution in [3.63, 3.8) is 0 Å². The summed E-state index contributed by atoms with van der Waals surface area (Å²) in [7, 11) is -3.85. The van der Waals surface area contributed by atoms with Crippen LogP contribution in [0.4, 0.5) is 0 Å². The number of rotatable bonds is 24. The summed E-state index contributed by atoms with van der Waals surface area (Å²) in [5.41, 5.74) is 0. The van der Waals surface area contributed by atoms with Gasteiger partial charge in [-0.25, -0.2) is 4.57 Å². The van der Waals surface area contributed by atoms with E-state index in [9.17, 15) is 9.46 Å². The molecule has 0 radical (unpaired) electrons. The van der Waals surface area contributed by atoms with Crippen LogP contribution in [0, 0.1) is 0 Å². The van der Waals surface area contributed by atoms with Crippen molar-refractivity contribution in [2.24, 2.45) is 0 Å². The van der Waals surface area contributed by atoms with Crippen molar-refractivity contribution in [1.82, 2.24) is 0 Å². The van der Waals surface area contributed by atoms with Gasteiger partial charge in [0.25, 0.3) is 0 Å². The summed E-state index contributed by atoms with van der Waals surface area (Å²) in [5, 5.41) is 0. The van der Waals surface area contributed by atoms with Gasteiger partial charge in [0, 0.05) is 0 Å². The van der Waals surface area contributed by atoms with E-state index in [1.807, 2.05) is 0 Å². The summed E-state index contributed by atoms with van der Waals surface area (Å²) in [5.74, 6) is 0. The van der Waals surface area contributed by atoms with Crippen LogP contribution in [-0.4, -0.2) is 77.2 Å². The van der Waals surface area contributed by atoms with Crippen molar-refractivity contribution in [2.45, 2.75) is 142 Å². The first-order valence-corrected chi connectivity index (χ1v) is 14.2. The van der Waals surface area contributed by atoms with Crippen LogP contribution >= 0.6 is 7.82 Å². The maximum absolute atomic E-state index is 11.8. The number of hydrogen-bond donors (Lipinski definition) is 1. The summed E-state index contributed by atoms with van der Waals surface area (Å²) in [6, 6.07) is 0. The van der Waals surface area contributed by atoms with Crippen LogP contribution in [0.5, 0.6) is 0 Å². The van der Waals surface area contributed by atoms with Crippen molar-refractivity contribution in [1.29, 1.82) is 0 Å². The van der Waals surface area contributed by atoms with E-state index in [2.05, 4.69) is 13.8 Å². The molecule has 0 bridgehead atoms. The summed E-state index contributed by atoms with van der Waals surface area (Å²) in [6.07, 6.45) is 24.8. The van der Waals surface area contributed by atoms with Crippen LogP contribution in [0.25, 0.3) is 0 Å². The Hall–Kier alpha value is 2.11. The molecule has 180 valence electrons. The summed E-state index contributed by atoms with van der Waals surface area (Å²) < 4.78 is 22.0. The number of phosphoric acid groups is 1. The Morgan fingerprint density at radius 3 is 0.968 bits per heavy atom. The SMILES string of the molecule is CCCCCCCCCCCCOP(=O)(O)OCCCCCCCCCCCC.[NaH].[NaH]. The molecule has 1 N–H and O–H groups in total. The Kier molecular flexibility index (Phi) is 36.6. The zero-order valence-corrected chi connectivity index (χ0v) is 20.6.